The van der Waals surface area contributed by atoms with Crippen LogP contribution < -0.4 is 10.0 Å². The second-order valence-corrected chi connectivity index (χ2v) is 6.31. The molecule has 0 aromatic heterocycles. The second kappa shape index (κ2) is 5.97. The topological polar surface area (TPSA) is 75.3 Å². The molecule has 0 unspecified atom stereocenters. The Kier molecular flexibility index (Phi) is 4.28. The zero-order valence-corrected chi connectivity index (χ0v) is 12.6. The lowest BCUT2D eigenvalue weighted by Crippen LogP contribution is -2.14. The summed E-state index contributed by atoms with van der Waals surface area (Å²) in [6.45, 7) is 3.19. The molecule has 0 saturated heterocycles. The maximum atomic E-state index is 12.2. The molecule has 6 heteroatoms. The van der Waals surface area contributed by atoms with Crippen LogP contribution in [0.25, 0.3) is 0 Å². The van der Waals surface area contributed by atoms with Gasteiger partial charge in [0.2, 0.25) is 5.91 Å². The standard InChI is InChI=1S/C15H16N2O3S/c1-11-10-13(16-12(2)18)8-9-15(11)17-21(19,20)14-6-4-3-5-7-14/h3-10,17H,1-2H3,(H,16,18). The number of aryl methyl sites for hydroxylation is 1. The van der Waals surface area contributed by atoms with Crippen molar-refractivity contribution in [1.29, 1.82) is 0 Å². The zero-order valence-electron chi connectivity index (χ0n) is 11.8. The van der Waals surface area contributed by atoms with Crippen molar-refractivity contribution in [3.63, 3.8) is 0 Å². The van der Waals surface area contributed by atoms with Gasteiger partial charge in [0.1, 0.15) is 0 Å². The van der Waals surface area contributed by atoms with E-state index in [2.05, 4.69) is 10.0 Å². The van der Waals surface area contributed by atoms with Crippen molar-refractivity contribution in [2.45, 2.75) is 18.7 Å². The van der Waals surface area contributed by atoms with Crippen LogP contribution in [-0.2, 0) is 14.8 Å². The Balaban J connectivity index is 2.26. The van der Waals surface area contributed by atoms with E-state index >= 15 is 0 Å². The van der Waals surface area contributed by atoms with Crippen LogP contribution >= 0.6 is 0 Å². The molecule has 2 rings (SSSR count). The molecule has 0 aliphatic rings. The summed E-state index contributed by atoms with van der Waals surface area (Å²) in [5.74, 6) is -0.174. The predicted molar refractivity (Wildman–Crippen MR) is 82.7 cm³/mol. The van der Waals surface area contributed by atoms with Crippen LogP contribution in [0.5, 0.6) is 0 Å². The number of benzene rings is 2. The molecule has 0 saturated carbocycles. The quantitative estimate of drug-likeness (QED) is 0.912. The normalized spacial score (nSPS) is 11.0. The summed E-state index contributed by atoms with van der Waals surface area (Å²) in [5.41, 5.74) is 1.83. The molecule has 0 aliphatic heterocycles. The van der Waals surface area contributed by atoms with Gasteiger partial charge in [0.25, 0.3) is 10.0 Å². The number of sulfonamides is 1. The van der Waals surface area contributed by atoms with Crippen molar-refractivity contribution in [2.24, 2.45) is 0 Å². The largest absolute Gasteiger partial charge is 0.326 e. The highest BCUT2D eigenvalue weighted by molar-refractivity contribution is 7.92. The van der Waals surface area contributed by atoms with E-state index in [1.807, 2.05) is 0 Å². The van der Waals surface area contributed by atoms with E-state index < -0.39 is 10.0 Å². The van der Waals surface area contributed by atoms with Crippen molar-refractivity contribution >= 4 is 27.3 Å². The molecular formula is C15H16N2O3S. The fourth-order valence-corrected chi connectivity index (χ4v) is 3.01. The molecule has 0 fully saturated rings. The molecule has 21 heavy (non-hydrogen) atoms. The lowest BCUT2D eigenvalue weighted by atomic mass is 10.2. The highest BCUT2D eigenvalue weighted by Gasteiger charge is 2.14. The Morgan fingerprint density at radius 1 is 1.05 bits per heavy atom. The van der Waals surface area contributed by atoms with Crippen LogP contribution in [0.15, 0.2) is 53.4 Å². The van der Waals surface area contributed by atoms with Crippen molar-refractivity contribution in [2.75, 3.05) is 10.0 Å². The molecule has 2 aromatic rings. The van der Waals surface area contributed by atoms with Gasteiger partial charge in [-0.2, -0.15) is 0 Å². The Hall–Kier alpha value is -2.34. The lowest BCUT2D eigenvalue weighted by molar-refractivity contribution is -0.114. The fraction of sp³-hybridized carbons (Fsp3) is 0.133. The van der Waals surface area contributed by atoms with E-state index in [0.717, 1.165) is 5.56 Å². The van der Waals surface area contributed by atoms with Gasteiger partial charge in [-0.15, -0.1) is 0 Å². The van der Waals surface area contributed by atoms with Crippen molar-refractivity contribution in [3.8, 4) is 0 Å². The minimum atomic E-state index is -3.61. The Morgan fingerprint density at radius 3 is 2.29 bits per heavy atom. The molecule has 0 heterocycles. The van der Waals surface area contributed by atoms with Crippen LogP contribution in [0.4, 0.5) is 11.4 Å². The maximum Gasteiger partial charge on any atom is 0.261 e. The van der Waals surface area contributed by atoms with E-state index in [4.69, 9.17) is 0 Å². The SMILES string of the molecule is CC(=O)Nc1ccc(NS(=O)(=O)c2ccccc2)c(C)c1. The summed E-state index contributed by atoms with van der Waals surface area (Å²) in [7, 11) is -3.61. The summed E-state index contributed by atoms with van der Waals surface area (Å²) in [5, 5.41) is 2.65. The van der Waals surface area contributed by atoms with E-state index in [9.17, 15) is 13.2 Å². The van der Waals surface area contributed by atoms with Crippen molar-refractivity contribution in [3.05, 3.63) is 54.1 Å². The van der Waals surface area contributed by atoms with E-state index in [-0.39, 0.29) is 10.8 Å². The van der Waals surface area contributed by atoms with Gasteiger partial charge in [-0.1, -0.05) is 18.2 Å². The number of hydrogen-bond acceptors (Lipinski definition) is 3. The molecule has 0 bridgehead atoms. The Labute approximate surface area is 124 Å². The minimum absolute atomic E-state index is 0.174. The van der Waals surface area contributed by atoms with Crippen LogP contribution in [0.3, 0.4) is 0 Å². The summed E-state index contributed by atoms with van der Waals surface area (Å²) in [6, 6.07) is 13.1. The monoisotopic (exact) mass is 304 g/mol. The number of anilines is 2. The summed E-state index contributed by atoms with van der Waals surface area (Å²) in [6.07, 6.45) is 0. The van der Waals surface area contributed by atoms with Gasteiger partial charge < -0.3 is 5.32 Å². The van der Waals surface area contributed by atoms with E-state index in [1.54, 1.807) is 43.3 Å². The van der Waals surface area contributed by atoms with Crippen molar-refractivity contribution < 1.29 is 13.2 Å². The zero-order chi connectivity index (χ0) is 15.5. The number of carbonyl (C=O) groups excluding carboxylic acids is 1. The smallest absolute Gasteiger partial charge is 0.261 e. The van der Waals surface area contributed by atoms with Crippen molar-refractivity contribution in [1.82, 2.24) is 0 Å². The molecule has 2 aromatic carbocycles. The summed E-state index contributed by atoms with van der Waals surface area (Å²) < 4.78 is 27.0. The second-order valence-electron chi connectivity index (χ2n) is 4.63. The molecule has 110 valence electrons. The average molecular weight is 304 g/mol. The first-order chi connectivity index (χ1) is 9.88. The third-order valence-electron chi connectivity index (χ3n) is 2.84. The van der Waals surface area contributed by atoms with Gasteiger partial charge in [0, 0.05) is 12.6 Å². The van der Waals surface area contributed by atoms with Gasteiger partial charge in [0.15, 0.2) is 0 Å². The van der Waals surface area contributed by atoms with Gasteiger partial charge in [0.05, 0.1) is 10.6 Å². The van der Waals surface area contributed by atoms with Gasteiger partial charge in [-0.3, -0.25) is 9.52 Å². The number of nitrogens with one attached hydrogen (secondary N) is 2. The van der Waals surface area contributed by atoms with E-state index in [1.165, 1.54) is 19.1 Å². The van der Waals surface area contributed by atoms with E-state index in [0.29, 0.717) is 11.4 Å². The third kappa shape index (κ3) is 3.82. The highest BCUT2D eigenvalue weighted by atomic mass is 32.2. The van der Waals surface area contributed by atoms with Gasteiger partial charge in [-0.25, -0.2) is 8.42 Å². The molecule has 0 atom stereocenters. The molecular weight excluding hydrogens is 288 g/mol. The molecule has 0 aliphatic carbocycles. The van der Waals surface area contributed by atoms with Crippen LogP contribution in [0.1, 0.15) is 12.5 Å². The molecule has 2 N–H and O–H groups in total. The molecule has 0 radical (unpaired) electrons. The number of amides is 1. The fourth-order valence-electron chi connectivity index (χ4n) is 1.86. The average Bonchev–Trinajstić information content (AvgIpc) is 2.42. The maximum absolute atomic E-state index is 12.2. The Bertz CT molecular complexity index is 756. The summed E-state index contributed by atoms with van der Waals surface area (Å²) in [4.78, 5) is 11.2. The summed E-state index contributed by atoms with van der Waals surface area (Å²) >= 11 is 0. The minimum Gasteiger partial charge on any atom is -0.326 e. The molecule has 0 spiro atoms. The predicted octanol–water partition coefficient (Wildman–Crippen LogP) is 2.75. The highest BCUT2D eigenvalue weighted by Crippen LogP contribution is 2.22. The van der Waals surface area contributed by atoms with Crippen LogP contribution in [0.2, 0.25) is 0 Å². The van der Waals surface area contributed by atoms with Gasteiger partial charge in [-0.05, 0) is 42.8 Å². The first-order valence-corrected chi connectivity index (χ1v) is 7.83. The molecule has 1 amide bonds. The first-order valence-electron chi connectivity index (χ1n) is 6.34. The van der Waals surface area contributed by atoms with Gasteiger partial charge >= 0.3 is 0 Å². The van der Waals surface area contributed by atoms with Crippen LogP contribution in [-0.4, -0.2) is 14.3 Å². The van der Waals surface area contributed by atoms with Crippen LogP contribution in [0, 0.1) is 6.92 Å². The number of hydrogen-bond donors (Lipinski definition) is 2. The number of carbonyl (C=O) groups is 1. The first kappa shape index (κ1) is 15.1. The third-order valence-corrected chi connectivity index (χ3v) is 4.23. The number of rotatable bonds is 4. The molecule has 5 nitrogen and oxygen atoms in total. The lowest BCUT2D eigenvalue weighted by Gasteiger charge is -2.12. The Morgan fingerprint density at radius 2 is 1.71 bits per heavy atom.